The third kappa shape index (κ3) is 4.82. The number of nitrogens with one attached hydrogen (secondary N) is 1. The van der Waals surface area contributed by atoms with E-state index >= 15 is 0 Å². The van der Waals surface area contributed by atoms with Gasteiger partial charge in [0.05, 0.1) is 17.1 Å². The zero-order valence-corrected chi connectivity index (χ0v) is 12.4. The van der Waals surface area contributed by atoms with Gasteiger partial charge in [0.2, 0.25) is 0 Å². The van der Waals surface area contributed by atoms with Crippen LogP contribution in [-0.2, 0) is 6.18 Å². The van der Waals surface area contributed by atoms with Gasteiger partial charge in [-0.25, -0.2) is 9.97 Å². The third-order valence-corrected chi connectivity index (χ3v) is 3.00. The lowest BCUT2D eigenvalue weighted by Gasteiger charge is -2.10. The maximum absolute atomic E-state index is 12.4. The zero-order valence-electron chi connectivity index (χ0n) is 11.6. The van der Waals surface area contributed by atoms with E-state index in [0.717, 1.165) is 12.1 Å². The van der Waals surface area contributed by atoms with E-state index in [2.05, 4.69) is 15.3 Å². The van der Waals surface area contributed by atoms with E-state index in [1.165, 1.54) is 24.7 Å². The monoisotopic (exact) mass is 345 g/mol. The first-order valence-corrected chi connectivity index (χ1v) is 6.79. The van der Waals surface area contributed by atoms with Crippen LogP contribution in [0.4, 0.5) is 13.2 Å². The molecule has 1 amide bonds. The summed E-state index contributed by atoms with van der Waals surface area (Å²) in [5.74, 6) is -0.222. The fraction of sp³-hybridized carbons (Fsp3) is 0.214. The van der Waals surface area contributed by atoms with E-state index in [1.807, 2.05) is 0 Å². The van der Waals surface area contributed by atoms with Gasteiger partial charge >= 0.3 is 6.18 Å². The molecule has 0 radical (unpaired) electrons. The Balaban J connectivity index is 1.79. The molecule has 0 aliphatic heterocycles. The summed E-state index contributed by atoms with van der Waals surface area (Å²) in [6.45, 7) is 0.222. The standard InChI is InChI=1S/C14H11ClF3N3O2/c15-11-7-19-8-21-12(11)13(22)20-5-6-23-10-3-1-9(2-4-10)14(16,17)18/h1-4,7-8H,5-6H2,(H,20,22). The second-order valence-electron chi connectivity index (χ2n) is 4.35. The molecule has 0 aliphatic carbocycles. The van der Waals surface area contributed by atoms with Gasteiger partial charge in [-0.05, 0) is 24.3 Å². The van der Waals surface area contributed by atoms with Crippen molar-refractivity contribution < 1.29 is 22.7 Å². The Hall–Kier alpha value is -2.35. The Bertz CT molecular complexity index is 678. The van der Waals surface area contributed by atoms with E-state index in [-0.39, 0.29) is 29.6 Å². The predicted octanol–water partition coefficient (Wildman–Crippen LogP) is 2.96. The van der Waals surface area contributed by atoms with Crippen molar-refractivity contribution in [1.82, 2.24) is 15.3 Å². The van der Waals surface area contributed by atoms with Gasteiger partial charge in [0, 0.05) is 6.20 Å². The molecule has 5 nitrogen and oxygen atoms in total. The molecule has 23 heavy (non-hydrogen) atoms. The van der Waals surface area contributed by atoms with Gasteiger partial charge in [0.15, 0.2) is 0 Å². The summed E-state index contributed by atoms with van der Waals surface area (Å²) in [6.07, 6.45) is -1.90. The summed E-state index contributed by atoms with van der Waals surface area (Å²) in [5, 5.41) is 2.65. The van der Waals surface area contributed by atoms with Crippen molar-refractivity contribution >= 4 is 17.5 Å². The second-order valence-corrected chi connectivity index (χ2v) is 4.75. The molecular weight excluding hydrogens is 335 g/mol. The van der Waals surface area contributed by atoms with Gasteiger partial charge < -0.3 is 10.1 Å². The van der Waals surface area contributed by atoms with Crippen LogP contribution in [-0.4, -0.2) is 29.0 Å². The van der Waals surface area contributed by atoms with Crippen LogP contribution < -0.4 is 10.1 Å². The zero-order chi connectivity index (χ0) is 16.9. The summed E-state index contributed by atoms with van der Waals surface area (Å²) in [6, 6.07) is 4.28. The summed E-state index contributed by atoms with van der Waals surface area (Å²) >= 11 is 5.77. The van der Waals surface area contributed by atoms with Gasteiger partial charge in [0.25, 0.3) is 5.91 Å². The first-order chi connectivity index (χ1) is 10.9. The van der Waals surface area contributed by atoms with Crippen molar-refractivity contribution in [3.05, 3.63) is 53.1 Å². The number of hydrogen-bond donors (Lipinski definition) is 1. The SMILES string of the molecule is O=C(NCCOc1ccc(C(F)(F)F)cc1)c1ncncc1Cl. The maximum atomic E-state index is 12.4. The Morgan fingerprint density at radius 3 is 2.57 bits per heavy atom. The van der Waals surface area contributed by atoms with Crippen LogP contribution in [0.1, 0.15) is 16.1 Å². The van der Waals surface area contributed by atoms with E-state index in [1.54, 1.807) is 0 Å². The van der Waals surface area contributed by atoms with Crippen molar-refractivity contribution in [2.75, 3.05) is 13.2 Å². The van der Waals surface area contributed by atoms with Crippen molar-refractivity contribution in [3.8, 4) is 5.75 Å². The smallest absolute Gasteiger partial charge is 0.416 e. The number of aromatic nitrogens is 2. The Morgan fingerprint density at radius 2 is 1.96 bits per heavy atom. The number of amides is 1. The molecule has 122 valence electrons. The lowest BCUT2D eigenvalue weighted by Crippen LogP contribution is -2.29. The van der Waals surface area contributed by atoms with Crippen molar-refractivity contribution in [3.63, 3.8) is 0 Å². The topological polar surface area (TPSA) is 64.1 Å². The number of nitrogens with zero attached hydrogens (tertiary/aromatic N) is 2. The minimum atomic E-state index is -4.39. The molecule has 0 aliphatic rings. The molecule has 2 aromatic rings. The Kier molecular flexibility index (Phi) is 5.38. The number of hydrogen-bond acceptors (Lipinski definition) is 4. The minimum Gasteiger partial charge on any atom is -0.492 e. The third-order valence-electron chi connectivity index (χ3n) is 2.72. The highest BCUT2D eigenvalue weighted by Gasteiger charge is 2.29. The highest BCUT2D eigenvalue weighted by atomic mass is 35.5. The first-order valence-electron chi connectivity index (χ1n) is 6.41. The Morgan fingerprint density at radius 1 is 1.26 bits per heavy atom. The number of halogens is 4. The summed E-state index contributed by atoms with van der Waals surface area (Å²) in [5.41, 5.74) is -0.715. The molecule has 0 atom stereocenters. The van der Waals surface area contributed by atoms with E-state index < -0.39 is 17.6 Å². The van der Waals surface area contributed by atoms with Gasteiger partial charge in [-0.2, -0.15) is 13.2 Å². The molecule has 1 aromatic heterocycles. The van der Waals surface area contributed by atoms with E-state index in [9.17, 15) is 18.0 Å². The molecular formula is C14H11ClF3N3O2. The number of rotatable bonds is 5. The lowest BCUT2D eigenvalue weighted by atomic mass is 10.2. The molecule has 0 unspecified atom stereocenters. The lowest BCUT2D eigenvalue weighted by molar-refractivity contribution is -0.137. The van der Waals surface area contributed by atoms with Crippen LogP contribution in [0.5, 0.6) is 5.75 Å². The first kappa shape index (κ1) is 17.0. The number of benzene rings is 1. The largest absolute Gasteiger partial charge is 0.492 e. The average Bonchev–Trinajstić information content (AvgIpc) is 2.51. The molecule has 0 bridgehead atoms. The molecule has 1 heterocycles. The number of alkyl halides is 3. The van der Waals surface area contributed by atoms with E-state index in [4.69, 9.17) is 16.3 Å². The summed E-state index contributed by atoms with van der Waals surface area (Å²) < 4.78 is 42.4. The maximum Gasteiger partial charge on any atom is 0.416 e. The molecule has 0 spiro atoms. The fourth-order valence-corrected chi connectivity index (χ4v) is 1.83. The van der Waals surface area contributed by atoms with E-state index in [0.29, 0.717) is 0 Å². The highest BCUT2D eigenvalue weighted by molar-refractivity contribution is 6.33. The quantitative estimate of drug-likeness (QED) is 0.846. The average molecular weight is 346 g/mol. The van der Waals surface area contributed by atoms with Gasteiger partial charge in [-0.1, -0.05) is 11.6 Å². The van der Waals surface area contributed by atoms with Crippen LogP contribution >= 0.6 is 11.6 Å². The molecule has 0 fully saturated rings. The number of ether oxygens (including phenoxy) is 1. The number of carbonyl (C=O) groups is 1. The van der Waals surface area contributed by atoms with Crippen LogP contribution in [0.2, 0.25) is 5.02 Å². The molecule has 0 saturated carbocycles. The highest BCUT2D eigenvalue weighted by Crippen LogP contribution is 2.30. The van der Waals surface area contributed by atoms with Crippen molar-refractivity contribution in [1.29, 1.82) is 0 Å². The fourth-order valence-electron chi connectivity index (χ4n) is 1.64. The van der Waals surface area contributed by atoms with Gasteiger partial charge in [-0.15, -0.1) is 0 Å². The minimum absolute atomic E-state index is 0.0381. The summed E-state index contributed by atoms with van der Waals surface area (Å²) in [7, 11) is 0. The number of carbonyl (C=O) groups excluding carboxylic acids is 1. The normalized spacial score (nSPS) is 11.1. The molecule has 9 heteroatoms. The molecule has 0 saturated heterocycles. The molecule has 1 aromatic carbocycles. The van der Waals surface area contributed by atoms with Gasteiger partial charge in [0.1, 0.15) is 24.4 Å². The van der Waals surface area contributed by atoms with Crippen molar-refractivity contribution in [2.24, 2.45) is 0 Å². The van der Waals surface area contributed by atoms with Crippen molar-refractivity contribution in [2.45, 2.75) is 6.18 Å². The molecule has 2 rings (SSSR count). The van der Waals surface area contributed by atoms with Crippen LogP contribution in [0.25, 0.3) is 0 Å². The Labute approximate surface area is 134 Å². The van der Waals surface area contributed by atoms with Crippen LogP contribution in [0.15, 0.2) is 36.8 Å². The second kappa shape index (κ2) is 7.28. The predicted molar refractivity (Wildman–Crippen MR) is 76.3 cm³/mol. The van der Waals surface area contributed by atoms with Crippen LogP contribution in [0, 0.1) is 0 Å². The van der Waals surface area contributed by atoms with Gasteiger partial charge in [-0.3, -0.25) is 4.79 Å². The summed E-state index contributed by atoms with van der Waals surface area (Å²) in [4.78, 5) is 19.2. The van der Waals surface area contributed by atoms with Crippen LogP contribution in [0.3, 0.4) is 0 Å². The molecule has 1 N–H and O–H groups in total.